The minimum absolute atomic E-state index is 0.119. The van der Waals surface area contributed by atoms with Crippen molar-refractivity contribution in [3.05, 3.63) is 34.2 Å². The number of hydrogen-bond acceptors (Lipinski definition) is 4. The van der Waals surface area contributed by atoms with E-state index < -0.39 is 0 Å². The minimum Gasteiger partial charge on any atom is -0.327 e. The molecule has 0 bridgehead atoms. The maximum atomic E-state index is 6.09. The van der Waals surface area contributed by atoms with Gasteiger partial charge in [-0.2, -0.15) is 5.10 Å². The molecular weight excluding hydrogens is 250 g/mol. The van der Waals surface area contributed by atoms with Crippen LogP contribution in [0, 0.1) is 6.92 Å². The van der Waals surface area contributed by atoms with Gasteiger partial charge >= 0.3 is 0 Å². The summed E-state index contributed by atoms with van der Waals surface area (Å²) >= 11 is 3.55. The highest BCUT2D eigenvalue weighted by Crippen LogP contribution is 2.39. The van der Waals surface area contributed by atoms with Crippen molar-refractivity contribution in [2.75, 3.05) is 0 Å². The van der Waals surface area contributed by atoms with Crippen LogP contribution in [0.3, 0.4) is 0 Å². The lowest BCUT2D eigenvalue weighted by molar-refractivity contribution is 0.682. The smallest absolute Gasteiger partial charge is 0.0946 e. The van der Waals surface area contributed by atoms with E-state index in [1.54, 1.807) is 23.1 Å². The predicted molar refractivity (Wildman–Crippen MR) is 74.5 cm³/mol. The summed E-state index contributed by atoms with van der Waals surface area (Å²) in [6.07, 6.45) is 0. The first-order valence-corrected chi connectivity index (χ1v) is 7.30. The van der Waals surface area contributed by atoms with Crippen LogP contribution in [-0.2, 0) is 7.05 Å². The van der Waals surface area contributed by atoms with Crippen LogP contribution in [0.15, 0.2) is 28.6 Å². The predicted octanol–water partition coefficient (Wildman–Crippen LogP) is 2.97. The van der Waals surface area contributed by atoms with Gasteiger partial charge in [0.25, 0.3) is 0 Å². The zero-order valence-corrected chi connectivity index (χ0v) is 11.9. The van der Waals surface area contributed by atoms with E-state index >= 15 is 0 Å². The number of nitrogens with two attached hydrogens (primary N) is 1. The van der Waals surface area contributed by atoms with Crippen LogP contribution in [-0.4, -0.2) is 15.8 Å². The molecule has 0 aromatic carbocycles. The molecule has 0 fully saturated rings. The molecule has 2 heterocycles. The Balaban J connectivity index is 2.22. The van der Waals surface area contributed by atoms with Gasteiger partial charge in [0.1, 0.15) is 0 Å². The molecule has 2 aromatic heterocycles. The lowest BCUT2D eigenvalue weighted by atomic mass is 10.2. The van der Waals surface area contributed by atoms with E-state index in [0.29, 0.717) is 5.25 Å². The van der Waals surface area contributed by atoms with E-state index in [0.717, 1.165) is 5.69 Å². The Bertz CT molecular complexity index is 474. The summed E-state index contributed by atoms with van der Waals surface area (Å²) in [6, 6.07) is 6.45. The number of hydrogen-bond donors (Lipinski definition) is 1. The summed E-state index contributed by atoms with van der Waals surface area (Å²) in [7, 11) is 1.97. The zero-order chi connectivity index (χ0) is 12.4. The van der Waals surface area contributed by atoms with E-state index in [9.17, 15) is 0 Å². The van der Waals surface area contributed by atoms with E-state index in [2.05, 4.69) is 35.6 Å². The van der Waals surface area contributed by atoms with Crippen molar-refractivity contribution in [1.82, 2.24) is 9.78 Å². The Morgan fingerprint density at radius 2 is 2.29 bits per heavy atom. The Morgan fingerprint density at radius 3 is 2.76 bits per heavy atom. The molecule has 0 aliphatic carbocycles. The third-order valence-electron chi connectivity index (χ3n) is 2.51. The van der Waals surface area contributed by atoms with Gasteiger partial charge in [-0.05, 0) is 31.4 Å². The number of thiophene rings is 1. The molecule has 92 valence electrons. The van der Waals surface area contributed by atoms with Gasteiger partial charge in [0.2, 0.25) is 0 Å². The van der Waals surface area contributed by atoms with Gasteiger partial charge in [-0.25, -0.2) is 0 Å². The second-order valence-electron chi connectivity index (χ2n) is 4.16. The summed E-state index contributed by atoms with van der Waals surface area (Å²) in [5, 5.41) is 7.92. The van der Waals surface area contributed by atoms with Gasteiger partial charge < -0.3 is 5.73 Å². The van der Waals surface area contributed by atoms with Crippen LogP contribution < -0.4 is 5.73 Å². The van der Waals surface area contributed by atoms with E-state index in [4.69, 9.17) is 5.73 Å². The molecule has 17 heavy (non-hydrogen) atoms. The number of aromatic nitrogens is 2. The Labute approximate surface area is 110 Å². The summed E-state index contributed by atoms with van der Waals surface area (Å²) < 4.78 is 1.92. The molecule has 5 heteroatoms. The number of aryl methyl sites for hydroxylation is 2. The number of rotatable bonds is 4. The quantitative estimate of drug-likeness (QED) is 0.866. The van der Waals surface area contributed by atoms with Crippen molar-refractivity contribution in [3.8, 4) is 0 Å². The van der Waals surface area contributed by atoms with E-state index in [1.165, 1.54) is 9.90 Å². The highest BCUT2D eigenvalue weighted by molar-refractivity contribution is 7.99. The fourth-order valence-electron chi connectivity index (χ4n) is 1.70. The lowest BCUT2D eigenvalue weighted by Gasteiger charge is -2.18. The van der Waals surface area contributed by atoms with Crippen LogP contribution in [0.25, 0.3) is 0 Å². The van der Waals surface area contributed by atoms with Crippen molar-refractivity contribution < 1.29 is 0 Å². The van der Waals surface area contributed by atoms with Gasteiger partial charge in [0, 0.05) is 18.0 Å². The SMILES string of the molecule is Cc1cc(SC(c2cccs2)C(C)N)n(C)n1. The first kappa shape index (κ1) is 12.7. The third-order valence-corrected chi connectivity index (χ3v) is 5.17. The highest BCUT2D eigenvalue weighted by atomic mass is 32.2. The fraction of sp³-hybridized carbons (Fsp3) is 0.417. The molecule has 3 nitrogen and oxygen atoms in total. The fourth-order valence-corrected chi connectivity index (χ4v) is 3.94. The maximum absolute atomic E-state index is 6.09. The van der Waals surface area contributed by atoms with Crippen molar-refractivity contribution in [3.63, 3.8) is 0 Å². The average molecular weight is 267 g/mol. The molecule has 0 aliphatic rings. The zero-order valence-electron chi connectivity index (χ0n) is 10.3. The largest absolute Gasteiger partial charge is 0.327 e. The Kier molecular flexibility index (Phi) is 3.91. The number of thioether (sulfide) groups is 1. The highest BCUT2D eigenvalue weighted by Gasteiger charge is 2.20. The molecule has 2 rings (SSSR count). The van der Waals surface area contributed by atoms with Gasteiger partial charge in [-0.3, -0.25) is 4.68 Å². The van der Waals surface area contributed by atoms with Gasteiger partial charge in [-0.1, -0.05) is 17.8 Å². The molecule has 0 saturated heterocycles. The first-order chi connectivity index (χ1) is 8.08. The van der Waals surface area contributed by atoms with Crippen molar-refractivity contribution in [1.29, 1.82) is 0 Å². The molecule has 0 aliphatic heterocycles. The summed E-state index contributed by atoms with van der Waals surface area (Å²) in [5.41, 5.74) is 7.13. The van der Waals surface area contributed by atoms with E-state index in [-0.39, 0.29) is 6.04 Å². The van der Waals surface area contributed by atoms with Gasteiger partial charge in [-0.15, -0.1) is 11.3 Å². The van der Waals surface area contributed by atoms with Crippen molar-refractivity contribution >= 4 is 23.1 Å². The molecule has 0 saturated carbocycles. The molecule has 0 radical (unpaired) electrons. The second-order valence-corrected chi connectivity index (χ2v) is 6.30. The molecule has 2 unspecified atom stereocenters. The molecule has 2 N–H and O–H groups in total. The molecule has 2 atom stereocenters. The molecule has 0 amide bonds. The maximum Gasteiger partial charge on any atom is 0.0946 e. The second kappa shape index (κ2) is 5.25. The van der Waals surface area contributed by atoms with Gasteiger partial charge in [0.05, 0.1) is 16.0 Å². The van der Waals surface area contributed by atoms with Crippen LogP contribution in [0.4, 0.5) is 0 Å². The monoisotopic (exact) mass is 267 g/mol. The molecule has 0 spiro atoms. The van der Waals surface area contributed by atoms with Crippen LogP contribution in [0.2, 0.25) is 0 Å². The standard InChI is InChI=1S/C12H17N3S2/c1-8-7-11(15(3)14-8)17-12(9(2)13)10-5-4-6-16-10/h4-7,9,12H,13H2,1-3H3. The first-order valence-electron chi connectivity index (χ1n) is 5.54. The normalized spacial score (nSPS) is 14.8. The van der Waals surface area contributed by atoms with Crippen molar-refractivity contribution in [2.45, 2.75) is 30.2 Å². The minimum atomic E-state index is 0.119. The number of nitrogens with zero attached hydrogens (tertiary/aromatic N) is 2. The summed E-state index contributed by atoms with van der Waals surface area (Å²) in [5.74, 6) is 0. The summed E-state index contributed by atoms with van der Waals surface area (Å²) in [6.45, 7) is 4.07. The Morgan fingerprint density at radius 1 is 1.53 bits per heavy atom. The van der Waals surface area contributed by atoms with Crippen LogP contribution in [0.5, 0.6) is 0 Å². The third kappa shape index (κ3) is 2.91. The molecular formula is C12H17N3S2. The van der Waals surface area contributed by atoms with E-state index in [1.807, 2.05) is 18.7 Å². The van der Waals surface area contributed by atoms with Crippen LogP contribution >= 0.6 is 23.1 Å². The summed E-state index contributed by atoms with van der Waals surface area (Å²) in [4.78, 5) is 1.32. The average Bonchev–Trinajstić information content (AvgIpc) is 2.84. The topological polar surface area (TPSA) is 43.8 Å². The van der Waals surface area contributed by atoms with Crippen LogP contribution in [0.1, 0.15) is 22.7 Å². The Hall–Kier alpha value is -0.780. The molecule has 2 aromatic rings. The van der Waals surface area contributed by atoms with Crippen molar-refractivity contribution in [2.24, 2.45) is 12.8 Å². The van der Waals surface area contributed by atoms with Gasteiger partial charge in [0.15, 0.2) is 0 Å². The lowest BCUT2D eigenvalue weighted by Crippen LogP contribution is -2.22.